The first-order valence-electron chi connectivity index (χ1n) is 8.67. The third kappa shape index (κ3) is 6.20. The molecular weight excluding hydrogens is 288 g/mol. The highest BCUT2D eigenvalue weighted by atomic mass is 14.0. The SMILES string of the molecule is CCCc1ccc(C#CC=CC#Cc2ccc(CCC)cc2)cc1. The van der Waals surface area contributed by atoms with Gasteiger partial charge in [0.1, 0.15) is 0 Å². The lowest BCUT2D eigenvalue weighted by atomic mass is 10.1. The van der Waals surface area contributed by atoms with Crippen LogP contribution in [0.4, 0.5) is 0 Å². The number of rotatable bonds is 4. The van der Waals surface area contributed by atoms with E-state index >= 15 is 0 Å². The molecule has 0 bridgehead atoms. The number of hydrogen-bond acceptors (Lipinski definition) is 0. The predicted molar refractivity (Wildman–Crippen MR) is 104 cm³/mol. The fourth-order valence-corrected chi connectivity index (χ4v) is 2.42. The van der Waals surface area contributed by atoms with Crippen molar-refractivity contribution in [2.75, 3.05) is 0 Å². The molecule has 0 radical (unpaired) electrons. The van der Waals surface area contributed by atoms with Gasteiger partial charge in [-0.05, 0) is 60.4 Å². The minimum Gasteiger partial charge on any atom is -0.0689 e. The minimum atomic E-state index is 1.04. The molecule has 0 saturated carbocycles. The first-order chi connectivity index (χ1) is 11.8. The van der Waals surface area contributed by atoms with Gasteiger partial charge in [-0.25, -0.2) is 0 Å². The van der Waals surface area contributed by atoms with Crippen molar-refractivity contribution in [2.45, 2.75) is 39.5 Å². The molecule has 0 aliphatic carbocycles. The van der Waals surface area contributed by atoms with Crippen molar-refractivity contribution in [3.8, 4) is 23.7 Å². The van der Waals surface area contributed by atoms with Gasteiger partial charge in [-0.15, -0.1) is 0 Å². The molecule has 0 aromatic heterocycles. The number of benzene rings is 2. The summed E-state index contributed by atoms with van der Waals surface area (Å²) in [4.78, 5) is 0. The van der Waals surface area contributed by atoms with Crippen LogP contribution in [0.25, 0.3) is 0 Å². The Kier molecular flexibility index (Phi) is 7.46. The molecule has 0 N–H and O–H groups in total. The van der Waals surface area contributed by atoms with Crippen molar-refractivity contribution in [1.29, 1.82) is 0 Å². The van der Waals surface area contributed by atoms with Crippen molar-refractivity contribution < 1.29 is 0 Å². The second kappa shape index (κ2) is 10.1. The molecule has 120 valence electrons. The average Bonchev–Trinajstić information content (AvgIpc) is 2.61. The molecule has 0 amide bonds. The smallest absolute Gasteiger partial charge is 0.0249 e. The maximum atomic E-state index is 3.13. The topological polar surface area (TPSA) is 0 Å². The monoisotopic (exact) mass is 312 g/mol. The highest BCUT2D eigenvalue weighted by Gasteiger charge is 1.91. The summed E-state index contributed by atoms with van der Waals surface area (Å²) in [5, 5.41) is 0. The number of aryl methyl sites for hydroxylation is 2. The molecule has 2 aromatic rings. The molecule has 0 atom stereocenters. The van der Waals surface area contributed by atoms with Gasteiger partial charge in [0.05, 0.1) is 0 Å². The lowest BCUT2D eigenvalue weighted by Gasteiger charge is -1.97. The van der Waals surface area contributed by atoms with E-state index in [1.807, 2.05) is 0 Å². The van der Waals surface area contributed by atoms with Crippen molar-refractivity contribution in [3.05, 3.63) is 82.9 Å². The molecule has 0 fully saturated rings. The third-order valence-electron chi connectivity index (χ3n) is 3.67. The fraction of sp³-hybridized carbons (Fsp3) is 0.250. The maximum absolute atomic E-state index is 3.13. The van der Waals surface area contributed by atoms with Crippen LogP contribution in [-0.4, -0.2) is 0 Å². The van der Waals surface area contributed by atoms with E-state index in [-0.39, 0.29) is 0 Å². The zero-order valence-corrected chi connectivity index (χ0v) is 14.6. The molecule has 0 aliphatic rings. The van der Waals surface area contributed by atoms with Crippen LogP contribution >= 0.6 is 0 Å². The van der Waals surface area contributed by atoms with E-state index < -0.39 is 0 Å². The van der Waals surface area contributed by atoms with Crippen LogP contribution in [0.15, 0.2) is 60.7 Å². The van der Waals surface area contributed by atoms with E-state index in [1.165, 1.54) is 24.0 Å². The van der Waals surface area contributed by atoms with E-state index in [2.05, 4.69) is 86.1 Å². The summed E-state index contributed by atoms with van der Waals surface area (Å²) in [6.45, 7) is 4.39. The van der Waals surface area contributed by atoms with Crippen LogP contribution in [0.3, 0.4) is 0 Å². The van der Waals surface area contributed by atoms with E-state index in [9.17, 15) is 0 Å². The Morgan fingerprint density at radius 2 is 1.00 bits per heavy atom. The lowest BCUT2D eigenvalue weighted by molar-refractivity contribution is 0.922. The summed E-state index contributed by atoms with van der Waals surface area (Å²) in [7, 11) is 0. The zero-order chi connectivity index (χ0) is 17.0. The van der Waals surface area contributed by atoms with Gasteiger partial charge in [0.15, 0.2) is 0 Å². The third-order valence-corrected chi connectivity index (χ3v) is 3.67. The second-order valence-electron chi connectivity index (χ2n) is 5.77. The molecular formula is C24H24. The molecule has 0 nitrogen and oxygen atoms in total. The van der Waals surface area contributed by atoms with Gasteiger partial charge in [-0.1, -0.05) is 74.6 Å². The van der Waals surface area contributed by atoms with Gasteiger partial charge in [0.25, 0.3) is 0 Å². The van der Waals surface area contributed by atoms with Gasteiger partial charge in [-0.2, -0.15) is 0 Å². The molecule has 2 aromatic carbocycles. The van der Waals surface area contributed by atoms with Crippen LogP contribution in [0.5, 0.6) is 0 Å². The van der Waals surface area contributed by atoms with E-state index in [1.54, 1.807) is 12.2 Å². The summed E-state index contributed by atoms with van der Waals surface area (Å²) in [6, 6.07) is 16.9. The number of hydrogen-bond donors (Lipinski definition) is 0. The lowest BCUT2D eigenvalue weighted by Crippen LogP contribution is -1.82. The van der Waals surface area contributed by atoms with Crippen LogP contribution in [0.1, 0.15) is 48.9 Å². The normalized spacial score (nSPS) is 9.92. The second-order valence-corrected chi connectivity index (χ2v) is 5.77. The minimum absolute atomic E-state index is 1.04. The van der Waals surface area contributed by atoms with Crippen LogP contribution in [0, 0.1) is 23.7 Å². The molecule has 0 aliphatic heterocycles. The van der Waals surface area contributed by atoms with Gasteiger partial charge in [-0.3, -0.25) is 0 Å². The Bertz CT molecular complexity index is 697. The maximum Gasteiger partial charge on any atom is 0.0249 e. The average molecular weight is 312 g/mol. The Hall–Kier alpha value is -2.70. The molecule has 0 unspecified atom stereocenters. The van der Waals surface area contributed by atoms with E-state index in [4.69, 9.17) is 0 Å². The standard InChI is InChI=1S/C24H24/c1-3-9-21-13-17-23(18-14-21)11-7-5-6-8-12-24-19-15-22(10-4-2)16-20-24/h5-6,13-20H,3-4,9-10H2,1-2H3. The Morgan fingerprint density at radius 3 is 1.33 bits per heavy atom. The largest absolute Gasteiger partial charge is 0.0689 e. The Morgan fingerprint density at radius 1 is 0.625 bits per heavy atom. The van der Waals surface area contributed by atoms with Crippen LogP contribution in [0.2, 0.25) is 0 Å². The van der Waals surface area contributed by atoms with Gasteiger partial charge in [0, 0.05) is 11.1 Å². The van der Waals surface area contributed by atoms with Crippen molar-refractivity contribution in [2.24, 2.45) is 0 Å². The van der Waals surface area contributed by atoms with Crippen molar-refractivity contribution in [3.63, 3.8) is 0 Å². The number of allylic oxidation sites excluding steroid dienone is 2. The molecule has 2 rings (SSSR count). The molecule has 0 saturated heterocycles. The molecule has 24 heavy (non-hydrogen) atoms. The summed E-state index contributed by atoms with van der Waals surface area (Å²) in [5.74, 6) is 12.3. The van der Waals surface area contributed by atoms with Crippen molar-refractivity contribution >= 4 is 0 Å². The van der Waals surface area contributed by atoms with Gasteiger partial charge < -0.3 is 0 Å². The highest BCUT2D eigenvalue weighted by Crippen LogP contribution is 2.06. The first-order valence-corrected chi connectivity index (χ1v) is 8.67. The first kappa shape index (κ1) is 17.7. The van der Waals surface area contributed by atoms with E-state index in [0.29, 0.717) is 0 Å². The molecule has 0 heterocycles. The Balaban J connectivity index is 1.89. The van der Waals surface area contributed by atoms with Crippen molar-refractivity contribution in [1.82, 2.24) is 0 Å². The summed E-state index contributed by atoms with van der Waals surface area (Å²) >= 11 is 0. The fourth-order valence-electron chi connectivity index (χ4n) is 2.42. The van der Waals surface area contributed by atoms with E-state index in [0.717, 1.165) is 24.0 Å². The Labute approximate surface area is 146 Å². The quantitative estimate of drug-likeness (QED) is 0.649. The molecule has 0 spiro atoms. The summed E-state index contributed by atoms with van der Waals surface area (Å²) in [6.07, 6.45) is 8.21. The molecule has 0 heteroatoms. The summed E-state index contributed by atoms with van der Waals surface area (Å²) in [5.41, 5.74) is 4.82. The van der Waals surface area contributed by atoms with Crippen LogP contribution < -0.4 is 0 Å². The highest BCUT2D eigenvalue weighted by molar-refractivity contribution is 5.42. The van der Waals surface area contributed by atoms with Crippen LogP contribution in [-0.2, 0) is 12.8 Å². The summed E-state index contributed by atoms with van der Waals surface area (Å²) < 4.78 is 0. The van der Waals surface area contributed by atoms with Gasteiger partial charge >= 0.3 is 0 Å². The van der Waals surface area contributed by atoms with Gasteiger partial charge in [0.2, 0.25) is 0 Å². The zero-order valence-electron chi connectivity index (χ0n) is 14.6. The predicted octanol–water partition coefficient (Wildman–Crippen LogP) is 5.55.